The molecule has 0 saturated carbocycles. The molecule has 0 saturated heterocycles. The van der Waals surface area contributed by atoms with Crippen LogP contribution in [0.4, 0.5) is 0 Å². The lowest BCUT2D eigenvalue weighted by atomic mass is 9.88. The molecule has 3 rings (SSSR count). The summed E-state index contributed by atoms with van der Waals surface area (Å²) in [6.07, 6.45) is 3.20. The van der Waals surface area contributed by atoms with Crippen LogP contribution in [0.1, 0.15) is 33.5 Å². The van der Waals surface area contributed by atoms with E-state index < -0.39 is 5.97 Å². The van der Waals surface area contributed by atoms with Crippen molar-refractivity contribution >= 4 is 5.97 Å². The zero-order chi connectivity index (χ0) is 16.2. The van der Waals surface area contributed by atoms with Crippen LogP contribution < -0.4 is 10.1 Å². The maximum atomic E-state index is 10.9. The molecular formula is C19H21NO3. The first-order valence-electron chi connectivity index (χ1n) is 7.87. The van der Waals surface area contributed by atoms with Crippen LogP contribution in [-0.2, 0) is 19.4 Å². The number of benzene rings is 2. The normalized spacial score (nSPS) is 16.7. The average Bonchev–Trinajstić information content (AvgIpc) is 2.59. The summed E-state index contributed by atoms with van der Waals surface area (Å²) in [5.74, 6) is 0.0241. The first kappa shape index (κ1) is 15.6. The highest BCUT2D eigenvalue weighted by molar-refractivity contribution is 5.87. The molecule has 0 bridgehead atoms. The molecule has 1 unspecified atom stereocenters. The Morgan fingerprint density at radius 3 is 2.70 bits per heavy atom. The second-order valence-electron chi connectivity index (χ2n) is 5.96. The highest BCUT2D eigenvalue weighted by Crippen LogP contribution is 2.25. The van der Waals surface area contributed by atoms with Crippen molar-refractivity contribution in [3.8, 4) is 5.75 Å². The van der Waals surface area contributed by atoms with Gasteiger partial charge in [-0.1, -0.05) is 18.2 Å². The van der Waals surface area contributed by atoms with E-state index in [4.69, 9.17) is 9.84 Å². The second-order valence-corrected chi connectivity index (χ2v) is 5.96. The van der Waals surface area contributed by atoms with Gasteiger partial charge >= 0.3 is 5.97 Å². The van der Waals surface area contributed by atoms with Crippen LogP contribution in [0.25, 0.3) is 0 Å². The Kier molecular flexibility index (Phi) is 4.63. The lowest BCUT2D eigenvalue weighted by molar-refractivity contribution is 0.0697. The molecular weight excluding hydrogens is 290 g/mol. The van der Waals surface area contributed by atoms with E-state index in [0.29, 0.717) is 11.6 Å². The van der Waals surface area contributed by atoms with E-state index in [-0.39, 0.29) is 0 Å². The van der Waals surface area contributed by atoms with Crippen LogP contribution in [0.3, 0.4) is 0 Å². The summed E-state index contributed by atoms with van der Waals surface area (Å²) in [5, 5.41) is 12.5. The van der Waals surface area contributed by atoms with Crippen LogP contribution in [0.2, 0.25) is 0 Å². The second kappa shape index (κ2) is 6.84. The van der Waals surface area contributed by atoms with Crippen molar-refractivity contribution in [2.75, 3.05) is 7.11 Å². The average molecular weight is 311 g/mol. The number of rotatable bonds is 5. The monoisotopic (exact) mass is 311 g/mol. The summed E-state index contributed by atoms with van der Waals surface area (Å²) < 4.78 is 5.31. The Balaban J connectivity index is 1.60. The molecule has 0 radical (unpaired) electrons. The van der Waals surface area contributed by atoms with Gasteiger partial charge in [0.25, 0.3) is 0 Å². The van der Waals surface area contributed by atoms with Crippen molar-refractivity contribution in [2.45, 2.75) is 31.8 Å². The van der Waals surface area contributed by atoms with E-state index in [1.807, 2.05) is 18.2 Å². The van der Waals surface area contributed by atoms with Crippen molar-refractivity contribution in [2.24, 2.45) is 0 Å². The van der Waals surface area contributed by atoms with Crippen molar-refractivity contribution < 1.29 is 14.6 Å². The number of carboxylic acids is 1. The lowest BCUT2D eigenvalue weighted by Crippen LogP contribution is -2.34. The van der Waals surface area contributed by atoms with Crippen molar-refractivity contribution in [1.82, 2.24) is 5.32 Å². The molecule has 0 spiro atoms. The Labute approximate surface area is 136 Å². The number of carbonyl (C=O) groups is 1. The van der Waals surface area contributed by atoms with Crippen LogP contribution in [0, 0.1) is 0 Å². The summed E-state index contributed by atoms with van der Waals surface area (Å²) in [4.78, 5) is 10.9. The van der Waals surface area contributed by atoms with Crippen molar-refractivity contribution in [3.63, 3.8) is 0 Å². The van der Waals surface area contributed by atoms with E-state index in [9.17, 15) is 4.79 Å². The molecule has 2 aromatic carbocycles. The highest BCUT2D eigenvalue weighted by Gasteiger charge is 2.18. The summed E-state index contributed by atoms with van der Waals surface area (Å²) in [7, 11) is 1.70. The largest absolute Gasteiger partial charge is 0.497 e. The minimum absolute atomic E-state index is 0.326. The zero-order valence-electron chi connectivity index (χ0n) is 13.2. The molecule has 1 aliphatic rings. The van der Waals surface area contributed by atoms with Crippen molar-refractivity contribution in [3.05, 3.63) is 64.7 Å². The van der Waals surface area contributed by atoms with Gasteiger partial charge in [-0.2, -0.15) is 0 Å². The van der Waals surface area contributed by atoms with Gasteiger partial charge in [-0.25, -0.2) is 4.79 Å². The molecule has 1 atom stereocenters. The predicted octanol–water partition coefficient (Wildman–Crippen LogP) is 3.04. The zero-order valence-corrected chi connectivity index (χ0v) is 13.2. The number of hydrogen-bond donors (Lipinski definition) is 2. The number of methoxy groups -OCH3 is 1. The standard InChI is InChI=1S/C19H21NO3/c1-23-18-9-7-14-6-8-17(10-16(14)11-18)20-12-13-2-4-15(5-3-13)19(21)22/h2-5,7,9,11,17,20H,6,8,10,12H2,1H3,(H,21,22). The van der Waals surface area contributed by atoms with E-state index in [1.54, 1.807) is 19.2 Å². The molecule has 0 heterocycles. The van der Waals surface area contributed by atoms with Gasteiger partial charge in [0.1, 0.15) is 5.75 Å². The lowest BCUT2D eigenvalue weighted by Gasteiger charge is -2.26. The Morgan fingerprint density at radius 1 is 1.22 bits per heavy atom. The maximum Gasteiger partial charge on any atom is 0.335 e. The first-order chi connectivity index (χ1) is 11.2. The quantitative estimate of drug-likeness (QED) is 0.891. The molecule has 0 aromatic heterocycles. The van der Waals surface area contributed by atoms with Gasteiger partial charge < -0.3 is 15.2 Å². The summed E-state index contributed by atoms with van der Waals surface area (Å²) >= 11 is 0. The Hall–Kier alpha value is -2.33. The van der Waals surface area contributed by atoms with Gasteiger partial charge in [-0.3, -0.25) is 0 Å². The minimum Gasteiger partial charge on any atom is -0.497 e. The molecule has 0 fully saturated rings. The molecule has 0 amide bonds. The minimum atomic E-state index is -0.887. The van der Waals surface area contributed by atoms with Gasteiger partial charge in [0.05, 0.1) is 12.7 Å². The Morgan fingerprint density at radius 2 is 2.00 bits per heavy atom. The number of hydrogen-bond acceptors (Lipinski definition) is 3. The van der Waals surface area contributed by atoms with E-state index in [1.165, 1.54) is 11.1 Å². The van der Waals surface area contributed by atoms with Crippen LogP contribution in [0.15, 0.2) is 42.5 Å². The number of aryl methyl sites for hydroxylation is 1. The fourth-order valence-corrected chi connectivity index (χ4v) is 3.06. The third kappa shape index (κ3) is 3.71. The number of ether oxygens (including phenoxy) is 1. The third-order valence-corrected chi connectivity index (χ3v) is 4.44. The molecule has 1 aliphatic carbocycles. The maximum absolute atomic E-state index is 10.9. The first-order valence-corrected chi connectivity index (χ1v) is 7.87. The molecule has 2 N–H and O–H groups in total. The van der Waals surface area contributed by atoms with Gasteiger partial charge in [-0.15, -0.1) is 0 Å². The van der Waals surface area contributed by atoms with Crippen LogP contribution in [-0.4, -0.2) is 24.2 Å². The van der Waals surface area contributed by atoms with E-state index in [2.05, 4.69) is 17.4 Å². The molecule has 120 valence electrons. The predicted molar refractivity (Wildman–Crippen MR) is 89.0 cm³/mol. The molecule has 23 heavy (non-hydrogen) atoms. The molecule has 4 nitrogen and oxygen atoms in total. The van der Waals surface area contributed by atoms with E-state index in [0.717, 1.165) is 37.1 Å². The van der Waals surface area contributed by atoms with E-state index >= 15 is 0 Å². The van der Waals surface area contributed by atoms with Gasteiger partial charge in [-0.05, 0) is 60.2 Å². The fraction of sp³-hybridized carbons (Fsp3) is 0.316. The molecule has 2 aromatic rings. The van der Waals surface area contributed by atoms with Gasteiger partial charge in [0.15, 0.2) is 0 Å². The molecule has 0 aliphatic heterocycles. The topological polar surface area (TPSA) is 58.6 Å². The molecule has 4 heteroatoms. The SMILES string of the molecule is COc1ccc2c(c1)CC(NCc1ccc(C(=O)O)cc1)CC2. The number of nitrogens with one attached hydrogen (secondary N) is 1. The van der Waals surface area contributed by atoms with Crippen LogP contribution >= 0.6 is 0 Å². The summed E-state index contributed by atoms with van der Waals surface area (Å²) in [6, 6.07) is 13.8. The number of carboxylic acid groups (broad SMARTS) is 1. The third-order valence-electron chi connectivity index (χ3n) is 4.44. The van der Waals surface area contributed by atoms with Crippen LogP contribution in [0.5, 0.6) is 5.75 Å². The summed E-state index contributed by atoms with van der Waals surface area (Å²) in [6.45, 7) is 0.754. The highest BCUT2D eigenvalue weighted by atomic mass is 16.5. The number of fused-ring (bicyclic) bond motifs is 1. The van der Waals surface area contributed by atoms with Crippen molar-refractivity contribution in [1.29, 1.82) is 0 Å². The number of aromatic carboxylic acids is 1. The van der Waals surface area contributed by atoms with Gasteiger partial charge in [0.2, 0.25) is 0 Å². The van der Waals surface area contributed by atoms with Gasteiger partial charge in [0, 0.05) is 12.6 Å². The fourth-order valence-electron chi connectivity index (χ4n) is 3.06. The Bertz CT molecular complexity index is 694. The summed E-state index contributed by atoms with van der Waals surface area (Å²) in [5.41, 5.74) is 4.20. The smallest absolute Gasteiger partial charge is 0.335 e.